The molecule has 0 fully saturated rings. The van der Waals surface area contributed by atoms with Gasteiger partial charge in [-0.15, -0.1) is 0 Å². The molecule has 2 rings (SSSR count). The van der Waals surface area contributed by atoms with Crippen molar-refractivity contribution in [3.8, 4) is 5.75 Å². The van der Waals surface area contributed by atoms with Crippen LogP contribution in [-0.2, 0) is 0 Å². The molecule has 0 saturated carbocycles. The van der Waals surface area contributed by atoms with Crippen LogP contribution in [0.5, 0.6) is 5.75 Å². The van der Waals surface area contributed by atoms with Gasteiger partial charge in [0.25, 0.3) is 5.91 Å². The van der Waals surface area contributed by atoms with Crippen LogP contribution < -0.4 is 5.32 Å². The number of nitrogens with one attached hydrogen (secondary N) is 1. The maximum Gasteiger partial charge on any atom is 0.259 e. The van der Waals surface area contributed by atoms with Crippen LogP contribution in [0.2, 0.25) is 5.02 Å². The topological polar surface area (TPSA) is 49.3 Å². The van der Waals surface area contributed by atoms with Gasteiger partial charge in [0.1, 0.15) is 11.6 Å². The third kappa shape index (κ3) is 2.85. The molecule has 20 heavy (non-hydrogen) atoms. The number of hydrogen-bond acceptors (Lipinski definition) is 2. The van der Waals surface area contributed by atoms with Crippen LogP contribution in [0.25, 0.3) is 0 Å². The second kappa shape index (κ2) is 5.42. The highest BCUT2D eigenvalue weighted by Crippen LogP contribution is 2.26. The summed E-state index contributed by atoms with van der Waals surface area (Å²) in [5.74, 6) is -4.53. The molecule has 0 aliphatic rings. The number of amides is 1. The van der Waals surface area contributed by atoms with Crippen LogP contribution in [0.4, 0.5) is 18.9 Å². The Morgan fingerprint density at radius 2 is 1.75 bits per heavy atom. The van der Waals surface area contributed by atoms with Crippen molar-refractivity contribution in [3.63, 3.8) is 0 Å². The van der Waals surface area contributed by atoms with Gasteiger partial charge in [0.05, 0.1) is 10.6 Å². The Labute approximate surface area is 116 Å². The summed E-state index contributed by atoms with van der Waals surface area (Å²) in [5, 5.41) is 11.3. The summed E-state index contributed by atoms with van der Waals surface area (Å²) in [6.07, 6.45) is 0. The predicted molar refractivity (Wildman–Crippen MR) is 67.4 cm³/mol. The molecule has 0 unspecified atom stereocenters. The molecule has 1 amide bonds. The molecule has 0 aliphatic carbocycles. The SMILES string of the molecule is O=C(Nc1ccc(F)c(F)c1)c1cc(Cl)c(F)cc1O. The fourth-order valence-corrected chi connectivity index (χ4v) is 1.65. The van der Waals surface area contributed by atoms with Crippen molar-refractivity contribution in [2.45, 2.75) is 0 Å². The third-order valence-corrected chi connectivity index (χ3v) is 2.75. The standard InChI is InChI=1S/C13H7ClF3NO2/c14-8-4-7(12(19)5-10(8)16)13(20)18-6-1-2-9(15)11(17)3-6/h1-5,19H,(H,18,20). The van der Waals surface area contributed by atoms with Gasteiger partial charge in [-0.2, -0.15) is 0 Å². The fourth-order valence-electron chi connectivity index (χ4n) is 1.49. The number of carbonyl (C=O) groups excluding carboxylic acids is 1. The van der Waals surface area contributed by atoms with E-state index in [1.807, 2.05) is 0 Å². The van der Waals surface area contributed by atoms with Crippen LogP contribution >= 0.6 is 11.6 Å². The zero-order valence-corrected chi connectivity index (χ0v) is 10.5. The summed E-state index contributed by atoms with van der Waals surface area (Å²) in [4.78, 5) is 11.8. The van der Waals surface area contributed by atoms with Crippen molar-refractivity contribution in [1.29, 1.82) is 0 Å². The molecule has 7 heteroatoms. The van der Waals surface area contributed by atoms with E-state index in [4.69, 9.17) is 11.6 Å². The second-order valence-electron chi connectivity index (χ2n) is 3.87. The largest absolute Gasteiger partial charge is 0.507 e. The molecule has 3 nitrogen and oxygen atoms in total. The van der Waals surface area contributed by atoms with Crippen LogP contribution in [0.1, 0.15) is 10.4 Å². The van der Waals surface area contributed by atoms with Gasteiger partial charge in [0.15, 0.2) is 11.6 Å². The molecule has 2 N–H and O–H groups in total. The Kier molecular flexibility index (Phi) is 3.85. The van der Waals surface area contributed by atoms with Crippen LogP contribution in [0.3, 0.4) is 0 Å². The normalized spacial score (nSPS) is 10.4. The van der Waals surface area contributed by atoms with Gasteiger partial charge in [0, 0.05) is 17.8 Å². The quantitative estimate of drug-likeness (QED) is 0.888. The summed E-state index contributed by atoms with van der Waals surface area (Å²) >= 11 is 5.50. The van der Waals surface area contributed by atoms with E-state index in [0.29, 0.717) is 6.07 Å². The summed E-state index contributed by atoms with van der Waals surface area (Å²) in [7, 11) is 0. The molecule has 0 heterocycles. The number of phenols is 1. The van der Waals surface area contributed by atoms with Crippen LogP contribution in [-0.4, -0.2) is 11.0 Å². The smallest absolute Gasteiger partial charge is 0.259 e. The van der Waals surface area contributed by atoms with Crippen LogP contribution in [0, 0.1) is 17.5 Å². The number of hydrogen-bond donors (Lipinski definition) is 2. The Hall–Kier alpha value is -2.21. The maximum absolute atomic E-state index is 13.0. The van der Waals surface area contributed by atoms with E-state index in [1.165, 1.54) is 0 Å². The third-order valence-electron chi connectivity index (χ3n) is 2.46. The van der Waals surface area contributed by atoms with E-state index >= 15 is 0 Å². The van der Waals surface area contributed by atoms with E-state index in [1.54, 1.807) is 0 Å². The number of benzene rings is 2. The minimum Gasteiger partial charge on any atom is -0.507 e. The summed E-state index contributed by atoms with van der Waals surface area (Å²) in [6, 6.07) is 4.36. The van der Waals surface area contributed by atoms with Gasteiger partial charge in [-0.25, -0.2) is 13.2 Å². The Bertz CT molecular complexity index is 692. The number of phenolic OH excluding ortho intramolecular Hbond substituents is 1. The molecule has 2 aromatic carbocycles. The van der Waals surface area contributed by atoms with Crippen molar-refractivity contribution in [2.24, 2.45) is 0 Å². The lowest BCUT2D eigenvalue weighted by Gasteiger charge is -2.08. The summed E-state index contributed by atoms with van der Waals surface area (Å²) in [5.41, 5.74) is -0.310. The number of rotatable bonds is 2. The van der Waals surface area contributed by atoms with Crippen molar-refractivity contribution in [3.05, 3.63) is 58.4 Å². The van der Waals surface area contributed by atoms with Crippen molar-refractivity contribution >= 4 is 23.2 Å². The second-order valence-corrected chi connectivity index (χ2v) is 4.27. The molecule has 0 aromatic heterocycles. The number of anilines is 1. The van der Waals surface area contributed by atoms with Gasteiger partial charge < -0.3 is 10.4 Å². The first-order chi connectivity index (χ1) is 9.38. The summed E-state index contributed by atoms with van der Waals surface area (Å²) in [6.45, 7) is 0. The average Bonchev–Trinajstić information content (AvgIpc) is 2.38. The van der Waals surface area contributed by atoms with Crippen molar-refractivity contribution < 1.29 is 23.1 Å². The minimum atomic E-state index is -1.14. The molecular formula is C13H7ClF3NO2. The number of aromatic hydroxyl groups is 1. The molecule has 0 spiro atoms. The highest BCUT2D eigenvalue weighted by Gasteiger charge is 2.15. The molecule has 0 radical (unpaired) electrons. The zero-order chi connectivity index (χ0) is 14.9. The van der Waals surface area contributed by atoms with Gasteiger partial charge in [-0.3, -0.25) is 4.79 Å². The van der Waals surface area contributed by atoms with E-state index in [9.17, 15) is 23.1 Å². The maximum atomic E-state index is 13.0. The van der Waals surface area contributed by atoms with Gasteiger partial charge in [0.2, 0.25) is 0 Å². The first kappa shape index (κ1) is 14.2. The van der Waals surface area contributed by atoms with E-state index in [2.05, 4.69) is 5.32 Å². The lowest BCUT2D eigenvalue weighted by Crippen LogP contribution is -2.12. The number of halogens is 4. The Morgan fingerprint density at radius 1 is 1.05 bits per heavy atom. The molecule has 0 saturated heterocycles. The Morgan fingerprint density at radius 3 is 2.40 bits per heavy atom. The van der Waals surface area contributed by atoms with Gasteiger partial charge in [-0.05, 0) is 18.2 Å². The minimum absolute atomic E-state index is 0.0197. The van der Waals surface area contributed by atoms with Gasteiger partial charge in [-0.1, -0.05) is 11.6 Å². The molecule has 0 aliphatic heterocycles. The lowest BCUT2D eigenvalue weighted by molar-refractivity contribution is 0.102. The fraction of sp³-hybridized carbons (Fsp3) is 0. The van der Waals surface area contributed by atoms with Crippen LogP contribution in [0.15, 0.2) is 30.3 Å². The van der Waals surface area contributed by atoms with E-state index in [-0.39, 0.29) is 16.3 Å². The Balaban J connectivity index is 2.28. The monoisotopic (exact) mass is 301 g/mol. The molecule has 0 atom stereocenters. The van der Waals surface area contributed by atoms with E-state index in [0.717, 1.165) is 24.3 Å². The summed E-state index contributed by atoms with van der Waals surface area (Å²) < 4.78 is 38.7. The molecule has 0 bridgehead atoms. The molecular weight excluding hydrogens is 295 g/mol. The zero-order valence-electron chi connectivity index (χ0n) is 9.75. The molecule has 2 aromatic rings. The van der Waals surface area contributed by atoms with Crippen molar-refractivity contribution in [1.82, 2.24) is 0 Å². The predicted octanol–water partition coefficient (Wildman–Crippen LogP) is 3.72. The van der Waals surface area contributed by atoms with Crippen molar-refractivity contribution in [2.75, 3.05) is 5.32 Å². The first-order valence-corrected chi connectivity index (χ1v) is 5.70. The first-order valence-electron chi connectivity index (χ1n) is 5.33. The lowest BCUT2D eigenvalue weighted by atomic mass is 10.1. The average molecular weight is 302 g/mol. The van der Waals surface area contributed by atoms with E-state index < -0.39 is 29.1 Å². The number of carbonyl (C=O) groups is 1. The molecule has 104 valence electrons. The highest BCUT2D eigenvalue weighted by molar-refractivity contribution is 6.31. The van der Waals surface area contributed by atoms with Gasteiger partial charge >= 0.3 is 0 Å². The highest BCUT2D eigenvalue weighted by atomic mass is 35.5.